The van der Waals surface area contributed by atoms with Gasteiger partial charge >= 0.3 is 11.9 Å². The van der Waals surface area contributed by atoms with Gasteiger partial charge in [0.2, 0.25) is 0 Å². The molecule has 0 amide bonds. The zero-order chi connectivity index (χ0) is 44.9. The smallest absolute Gasteiger partial charge is 0.306 e. The first-order valence-electron chi connectivity index (χ1n) is 25.0. The molecule has 62 heavy (non-hydrogen) atoms. The lowest BCUT2D eigenvalue weighted by atomic mass is 9.41. The number of Topliss-reactive ketones (excluding diaryl/α,β-unsaturated/α-hetero) is 4. The molecule has 1 aliphatic heterocycles. The van der Waals surface area contributed by atoms with E-state index in [1.807, 2.05) is 13.8 Å². The quantitative estimate of drug-likeness (QED) is 0.218. The fraction of sp³-hybridized carbons (Fsp3) is 0.852. The Morgan fingerprint density at radius 3 is 1.60 bits per heavy atom. The van der Waals surface area contributed by atoms with E-state index in [1.165, 1.54) is 19.3 Å². The van der Waals surface area contributed by atoms with Gasteiger partial charge in [0.05, 0.1) is 5.92 Å². The molecule has 11 aliphatic rings. The molecule has 1 saturated heterocycles. The molecule has 4 spiro atoms. The first-order chi connectivity index (χ1) is 28.7. The Morgan fingerprint density at radius 2 is 1.08 bits per heavy atom. The number of rotatable bonds is 4. The van der Waals surface area contributed by atoms with Crippen molar-refractivity contribution < 1.29 is 38.6 Å². The maximum absolute atomic E-state index is 13.6. The summed E-state index contributed by atoms with van der Waals surface area (Å²) in [6.45, 7) is 22.2. The molecule has 1 heterocycles. The van der Waals surface area contributed by atoms with Gasteiger partial charge in [0.1, 0.15) is 23.0 Å². The predicted molar refractivity (Wildman–Crippen MR) is 234 cm³/mol. The minimum Gasteiger partial charge on any atom is -0.481 e. The summed E-state index contributed by atoms with van der Waals surface area (Å²) in [5.74, 6) is 2.47. The first kappa shape index (κ1) is 43.3. The summed E-state index contributed by atoms with van der Waals surface area (Å²) in [6.07, 6.45) is 17.9. The Labute approximate surface area is 370 Å². The Balaban J connectivity index is 0.000000148. The van der Waals surface area contributed by atoms with Gasteiger partial charge in [-0.1, -0.05) is 61.0 Å². The van der Waals surface area contributed by atoms with Crippen molar-refractivity contribution in [2.24, 2.45) is 83.7 Å². The topological polar surface area (TPSA) is 132 Å². The molecule has 0 bridgehead atoms. The van der Waals surface area contributed by atoms with Crippen LogP contribution in [0.25, 0.3) is 0 Å². The average Bonchev–Trinajstić information content (AvgIpc) is 3.94. The third-order valence-electron chi connectivity index (χ3n) is 24.0. The van der Waals surface area contributed by atoms with Crippen LogP contribution in [0.4, 0.5) is 0 Å². The van der Waals surface area contributed by atoms with E-state index in [-0.39, 0.29) is 56.6 Å². The number of esters is 1. The lowest BCUT2D eigenvalue weighted by molar-refractivity contribution is -0.176. The third kappa shape index (κ3) is 4.87. The maximum Gasteiger partial charge on any atom is 0.306 e. The molecule has 8 heteroatoms. The van der Waals surface area contributed by atoms with Gasteiger partial charge in [0.15, 0.2) is 5.78 Å². The SMILES string of the molecule is C/C(CCC(=O)O)=C1/C(=O)C[C@@]2(C)C3CCC4C(C)(C)C(=O)CC[C@@]45C[C@@]35CC[C@]12C.CC1(C)C(=O)CC[C@]23C[C@]24CC[C@]2(C)C([C@]5(C)CCC(=O)O5)C(=O)C[C@@]2(C)C4CCC13. The summed E-state index contributed by atoms with van der Waals surface area (Å²) >= 11 is 0. The van der Waals surface area contributed by atoms with Gasteiger partial charge in [-0.2, -0.15) is 0 Å². The van der Waals surface area contributed by atoms with Crippen LogP contribution < -0.4 is 0 Å². The number of carbonyl (C=O) groups excluding carboxylic acids is 5. The zero-order valence-electron chi connectivity index (χ0n) is 39.8. The van der Waals surface area contributed by atoms with Crippen molar-refractivity contribution in [1.29, 1.82) is 0 Å². The summed E-state index contributed by atoms with van der Waals surface area (Å²) in [5.41, 5.74) is 1.82. The van der Waals surface area contributed by atoms with E-state index in [0.29, 0.717) is 94.8 Å². The fourth-order valence-corrected chi connectivity index (χ4v) is 20.8. The third-order valence-corrected chi connectivity index (χ3v) is 24.0. The highest BCUT2D eigenvalue weighted by atomic mass is 16.6. The van der Waals surface area contributed by atoms with Gasteiger partial charge < -0.3 is 9.84 Å². The minimum absolute atomic E-state index is 0.0366. The van der Waals surface area contributed by atoms with Gasteiger partial charge in [0, 0.05) is 60.3 Å². The standard InChI is InChI=1S/2C27H38O4/c1-22(2)17-6-7-18-24(4)14-16(28)21(25(5)10-9-20(30)31-25)23(24,3)12-13-27(18)15-26(17,27)11-8-19(22)29;1-16(6-9-21(30)31)22-17(28)14-25(5)19-8-7-18-23(2,3)20(29)10-11-26(18)15-27(19,26)13-12-24(22,25)4/h17-18,21H,6-15H2,1-5H3;18-19H,6-15H2,1-5H3,(H,30,31)/b;22-16+/t17?,18?,21?,23-,24+,25+,26-,27+;18?,19?,24-,25+,26-,27+/m11/s1. The summed E-state index contributed by atoms with van der Waals surface area (Å²) < 4.78 is 5.86. The average molecular weight is 853 g/mol. The molecule has 10 aliphatic carbocycles. The number of fused-ring (bicyclic) bond motifs is 4. The second-order valence-corrected chi connectivity index (χ2v) is 26.2. The Hall–Kier alpha value is -2.64. The molecule has 14 atom stereocenters. The highest BCUT2D eigenvalue weighted by Gasteiger charge is 2.85. The molecule has 8 nitrogen and oxygen atoms in total. The summed E-state index contributed by atoms with van der Waals surface area (Å²) in [4.78, 5) is 75.8. The zero-order valence-corrected chi connectivity index (χ0v) is 39.8. The van der Waals surface area contributed by atoms with Crippen molar-refractivity contribution in [1.82, 2.24) is 0 Å². The molecule has 0 radical (unpaired) electrons. The second-order valence-electron chi connectivity index (χ2n) is 26.2. The summed E-state index contributed by atoms with van der Waals surface area (Å²) in [6, 6.07) is 0. The lowest BCUT2D eigenvalue weighted by Crippen LogP contribution is -2.58. The summed E-state index contributed by atoms with van der Waals surface area (Å²) in [7, 11) is 0. The Morgan fingerprint density at radius 1 is 0.581 bits per heavy atom. The molecule has 0 aromatic carbocycles. The van der Waals surface area contributed by atoms with E-state index in [2.05, 4.69) is 55.4 Å². The number of carboxylic acids is 1. The van der Waals surface area contributed by atoms with Gasteiger partial charge in [0.25, 0.3) is 0 Å². The van der Waals surface area contributed by atoms with Crippen molar-refractivity contribution in [3.63, 3.8) is 0 Å². The van der Waals surface area contributed by atoms with Crippen LogP contribution in [0.15, 0.2) is 11.1 Å². The molecule has 11 fully saturated rings. The molecule has 10 saturated carbocycles. The fourth-order valence-electron chi connectivity index (χ4n) is 20.8. The number of allylic oxidation sites excluding steroid dienone is 2. The van der Waals surface area contributed by atoms with Gasteiger partial charge in [-0.15, -0.1) is 0 Å². The number of aliphatic carboxylic acids is 1. The maximum atomic E-state index is 13.6. The number of carbonyl (C=O) groups is 6. The normalized spacial score (nSPS) is 52.9. The number of hydrogen-bond donors (Lipinski definition) is 1. The predicted octanol–water partition coefficient (Wildman–Crippen LogP) is 11.0. The number of ketones is 4. The molecule has 0 aromatic heterocycles. The highest BCUT2D eigenvalue weighted by Crippen LogP contribution is 2.90. The van der Waals surface area contributed by atoms with Crippen molar-refractivity contribution in [2.75, 3.05) is 0 Å². The molecule has 340 valence electrons. The van der Waals surface area contributed by atoms with Gasteiger partial charge in [-0.25, -0.2) is 0 Å². The Bertz CT molecular complexity index is 2150. The van der Waals surface area contributed by atoms with E-state index in [0.717, 1.165) is 81.8 Å². The van der Waals surface area contributed by atoms with E-state index >= 15 is 0 Å². The van der Waals surface area contributed by atoms with Crippen molar-refractivity contribution >= 4 is 35.1 Å². The number of ether oxygens (including phenoxy) is 1. The highest BCUT2D eigenvalue weighted by molar-refractivity contribution is 6.01. The molecular weight excluding hydrogens is 777 g/mol. The van der Waals surface area contributed by atoms with E-state index < -0.39 is 11.6 Å². The van der Waals surface area contributed by atoms with Crippen molar-refractivity contribution in [3.05, 3.63) is 11.1 Å². The van der Waals surface area contributed by atoms with Crippen LogP contribution in [0.2, 0.25) is 0 Å². The summed E-state index contributed by atoms with van der Waals surface area (Å²) in [5, 5.41) is 9.15. The van der Waals surface area contributed by atoms with Crippen LogP contribution in [0.1, 0.15) is 198 Å². The van der Waals surface area contributed by atoms with Gasteiger partial charge in [-0.3, -0.25) is 28.8 Å². The largest absolute Gasteiger partial charge is 0.481 e. The monoisotopic (exact) mass is 853 g/mol. The molecule has 1 N–H and O–H groups in total. The number of carboxylic acid groups (broad SMARTS) is 1. The number of cyclic esters (lactones) is 1. The molecular formula is C54H76O8. The van der Waals surface area contributed by atoms with E-state index in [1.54, 1.807) is 0 Å². The van der Waals surface area contributed by atoms with E-state index in [9.17, 15) is 28.8 Å². The van der Waals surface area contributed by atoms with Gasteiger partial charge in [-0.05, 0) is 165 Å². The second kappa shape index (κ2) is 12.6. The van der Waals surface area contributed by atoms with Crippen LogP contribution in [0, 0.1) is 83.7 Å². The van der Waals surface area contributed by atoms with Crippen LogP contribution >= 0.6 is 0 Å². The number of hydrogen-bond acceptors (Lipinski definition) is 7. The van der Waals surface area contributed by atoms with Crippen LogP contribution in [-0.2, 0) is 33.5 Å². The lowest BCUT2D eigenvalue weighted by Gasteiger charge is -2.62. The van der Waals surface area contributed by atoms with Crippen LogP contribution in [0.5, 0.6) is 0 Å². The van der Waals surface area contributed by atoms with E-state index in [4.69, 9.17) is 9.84 Å². The van der Waals surface area contributed by atoms with Crippen LogP contribution in [0.3, 0.4) is 0 Å². The first-order valence-corrected chi connectivity index (χ1v) is 25.0. The molecule has 11 rings (SSSR count). The Kier molecular flexibility index (Phi) is 8.80. The molecule has 5 unspecified atom stereocenters. The van der Waals surface area contributed by atoms with Crippen molar-refractivity contribution in [3.8, 4) is 0 Å². The van der Waals surface area contributed by atoms with Crippen LogP contribution in [-0.4, -0.2) is 45.8 Å². The van der Waals surface area contributed by atoms with Crippen molar-refractivity contribution in [2.45, 2.75) is 203 Å². The molecule has 0 aromatic rings. The minimum atomic E-state index is -0.798.